The van der Waals surface area contributed by atoms with E-state index >= 15 is 0 Å². The molecule has 1 aromatic carbocycles. The summed E-state index contributed by atoms with van der Waals surface area (Å²) in [6, 6.07) is 9.29. The minimum absolute atomic E-state index is 0.0701. The maximum atomic E-state index is 11.6. The van der Waals surface area contributed by atoms with Gasteiger partial charge in [0, 0.05) is 6.42 Å². The predicted octanol–water partition coefficient (Wildman–Crippen LogP) is 2.89. The molecule has 0 radical (unpaired) electrons. The van der Waals surface area contributed by atoms with E-state index in [0.29, 0.717) is 6.42 Å². The molecule has 0 spiro atoms. The van der Waals surface area contributed by atoms with Crippen molar-refractivity contribution in [2.75, 3.05) is 5.06 Å². The van der Waals surface area contributed by atoms with Crippen molar-refractivity contribution >= 4 is 11.6 Å². The summed E-state index contributed by atoms with van der Waals surface area (Å²) in [6.07, 6.45) is 3.63. The van der Waals surface area contributed by atoms with Gasteiger partial charge in [0.05, 0.1) is 5.69 Å². The van der Waals surface area contributed by atoms with Crippen LogP contribution in [0, 0.1) is 0 Å². The molecule has 0 aliphatic heterocycles. The van der Waals surface area contributed by atoms with Crippen molar-refractivity contribution < 1.29 is 9.63 Å². The van der Waals surface area contributed by atoms with E-state index in [4.69, 9.17) is 4.84 Å². The molecule has 0 aliphatic rings. The lowest BCUT2D eigenvalue weighted by atomic mass is 10.3. The molecular formula is C12H15NO2. The maximum absolute atomic E-state index is 11.6. The molecule has 80 valence electrons. The molecule has 0 aromatic heterocycles. The molecule has 0 saturated carbocycles. The van der Waals surface area contributed by atoms with Crippen LogP contribution in [0.3, 0.4) is 0 Å². The lowest BCUT2D eigenvalue weighted by Gasteiger charge is -2.19. The second kappa shape index (κ2) is 5.86. The van der Waals surface area contributed by atoms with Gasteiger partial charge in [-0.2, -0.15) is 0 Å². The zero-order chi connectivity index (χ0) is 11.1. The Kier molecular flexibility index (Phi) is 4.41. The first kappa shape index (κ1) is 11.3. The third-order valence-electron chi connectivity index (χ3n) is 1.82. The lowest BCUT2D eigenvalue weighted by Crippen LogP contribution is -2.28. The second-order valence-electron chi connectivity index (χ2n) is 2.95. The number of anilines is 1. The molecule has 0 fully saturated rings. The molecule has 15 heavy (non-hydrogen) atoms. The number of benzene rings is 1. The van der Waals surface area contributed by atoms with E-state index in [-0.39, 0.29) is 5.91 Å². The van der Waals surface area contributed by atoms with Crippen LogP contribution in [0.5, 0.6) is 0 Å². The number of carbonyl (C=O) groups excluding carboxylic acids is 1. The van der Waals surface area contributed by atoms with Crippen LogP contribution in [0.1, 0.15) is 20.3 Å². The number of allylic oxidation sites excluding steroid dienone is 1. The summed E-state index contributed by atoms with van der Waals surface area (Å²) < 4.78 is 0. The van der Waals surface area contributed by atoms with Gasteiger partial charge in [-0.25, -0.2) is 0 Å². The first-order valence-corrected chi connectivity index (χ1v) is 4.95. The average Bonchev–Trinajstić information content (AvgIpc) is 2.30. The highest BCUT2D eigenvalue weighted by molar-refractivity contribution is 5.91. The van der Waals surface area contributed by atoms with E-state index in [1.54, 1.807) is 13.0 Å². The number of carbonyl (C=O) groups is 1. The second-order valence-corrected chi connectivity index (χ2v) is 2.95. The smallest absolute Gasteiger partial charge is 0.259 e. The van der Waals surface area contributed by atoms with E-state index < -0.39 is 0 Å². The molecule has 3 nitrogen and oxygen atoms in total. The third kappa shape index (κ3) is 3.13. The minimum atomic E-state index is -0.0701. The molecule has 0 unspecified atom stereocenters. The van der Waals surface area contributed by atoms with Crippen LogP contribution < -0.4 is 5.06 Å². The van der Waals surface area contributed by atoms with Crippen molar-refractivity contribution in [1.82, 2.24) is 0 Å². The standard InChI is InChI=1S/C12H15NO2/c1-3-10-15-13(12(14)4-2)11-8-6-5-7-9-11/h3,5-10H,4H2,1-2H3. The fourth-order valence-corrected chi connectivity index (χ4v) is 1.09. The van der Waals surface area contributed by atoms with E-state index in [1.807, 2.05) is 37.3 Å². The van der Waals surface area contributed by atoms with Crippen molar-refractivity contribution in [2.24, 2.45) is 0 Å². The van der Waals surface area contributed by atoms with Crippen LogP contribution in [-0.4, -0.2) is 5.91 Å². The molecule has 0 bridgehead atoms. The summed E-state index contributed by atoms with van der Waals surface area (Å²) in [4.78, 5) is 16.8. The first-order chi connectivity index (χ1) is 7.29. The van der Waals surface area contributed by atoms with Gasteiger partial charge in [-0.05, 0) is 25.1 Å². The van der Waals surface area contributed by atoms with Crippen LogP contribution in [0.2, 0.25) is 0 Å². The zero-order valence-corrected chi connectivity index (χ0v) is 9.01. The van der Waals surface area contributed by atoms with E-state index in [9.17, 15) is 4.79 Å². The summed E-state index contributed by atoms with van der Waals surface area (Å²) in [7, 11) is 0. The molecular weight excluding hydrogens is 190 g/mol. The van der Waals surface area contributed by atoms with Gasteiger partial charge in [-0.15, -0.1) is 5.06 Å². The quantitative estimate of drug-likeness (QED) is 0.558. The Hall–Kier alpha value is -1.77. The Morgan fingerprint density at radius 2 is 2.07 bits per heavy atom. The minimum Gasteiger partial charge on any atom is -0.380 e. The summed E-state index contributed by atoms with van der Waals surface area (Å²) in [5, 5.41) is 1.29. The topological polar surface area (TPSA) is 29.5 Å². The van der Waals surface area contributed by atoms with E-state index in [2.05, 4.69) is 0 Å². The van der Waals surface area contributed by atoms with Crippen LogP contribution in [0.15, 0.2) is 42.7 Å². The third-order valence-corrected chi connectivity index (χ3v) is 1.82. The first-order valence-electron chi connectivity index (χ1n) is 4.95. The largest absolute Gasteiger partial charge is 0.380 e. The van der Waals surface area contributed by atoms with Gasteiger partial charge in [0.15, 0.2) is 0 Å². The summed E-state index contributed by atoms with van der Waals surface area (Å²) in [6.45, 7) is 3.64. The molecule has 0 heterocycles. The number of amides is 1. The number of para-hydroxylation sites is 1. The molecule has 0 aliphatic carbocycles. The number of rotatable bonds is 4. The van der Waals surface area contributed by atoms with Crippen molar-refractivity contribution in [3.63, 3.8) is 0 Å². The normalized spacial score (nSPS) is 10.3. The molecule has 1 amide bonds. The van der Waals surface area contributed by atoms with E-state index in [0.717, 1.165) is 5.69 Å². The van der Waals surface area contributed by atoms with Gasteiger partial charge in [-0.1, -0.05) is 25.1 Å². The van der Waals surface area contributed by atoms with Gasteiger partial charge in [-0.3, -0.25) is 4.79 Å². The maximum Gasteiger partial charge on any atom is 0.259 e. The highest BCUT2D eigenvalue weighted by Crippen LogP contribution is 2.15. The Balaban J connectivity index is 2.86. The Labute approximate surface area is 89.9 Å². The Bertz CT molecular complexity index is 333. The fraction of sp³-hybridized carbons (Fsp3) is 0.250. The van der Waals surface area contributed by atoms with Crippen LogP contribution in [0.4, 0.5) is 5.69 Å². The zero-order valence-electron chi connectivity index (χ0n) is 9.01. The molecule has 0 N–H and O–H groups in total. The van der Waals surface area contributed by atoms with Crippen molar-refractivity contribution in [2.45, 2.75) is 20.3 Å². The van der Waals surface area contributed by atoms with Gasteiger partial charge < -0.3 is 4.84 Å². The molecule has 0 saturated heterocycles. The van der Waals surface area contributed by atoms with Crippen molar-refractivity contribution in [3.05, 3.63) is 42.7 Å². The lowest BCUT2D eigenvalue weighted by molar-refractivity contribution is -0.123. The fourth-order valence-electron chi connectivity index (χ4n) is 1.09. The molecule has 0 atom stereocenters. The van der Waals surface area contributed by atoms with Gasteiger partial charge in [0.25, 0.3) is 5.91 Å². The summed E-state index contributed by atoms with van der Waals surface area (Å²) >= 11 is 0. The number of hydrogen-bond acceptors (Lipinski definition) is 2. The van der Waals surface area contributed by atoms with Crippen molar-refractivity contribution in [3.8, 4) is 0 Å². The van der Waals surface area contributed by atoms with Crippen LogP contribution in [-0.2, 0) is 9.63 Å². The number of hydroxylamine groups is 1. The summed E-state index contributed by atoms with van der Waals surface area (Å²) in [5.41, 5.74) is 0.738. The Morgan fingerprint density at radius 1 is 1.40 bits per heavy atom. The highest BCUT2D eigenvalue weighted by atomic mass is 16.7. The monoisotopic (exact) mass is 205 g/mol. The van der Waals surface area contributed by atoms with Gasteiger partial charge >= 0.3 is 0 Å². The van der Waals surface area contributed by atoms with E-state index in [1.165, 1.54) is 11.3 Å². The predicted molar refractivity (Wildman–Crippen MR) is 60.1 cm³/mol. The SMILES string of the molecule is CC=CON(C(=O)CC)c1ccccc1. The molecule has 3 heteroatoms. The average molecular weight is 205 g/mol. The van der Waals surface area contributed by atoms with Gasteiger partial charge in [0.1, 0.15) is 6.26 Å². The molecule has 1 rings (SSSR count). The summed E-state index contributed by atoms with van der Waals surface area (Å²) in [5.74, 6) is -0.0701. The number of nitrogens with zero attached hydrogens (tertiary/aromatic N) is 1. The number of hydrogen-bond donors (Lipinski definition) is 0. The highest BCUT2D eigenvalue weighted by Gasteiger charge is 2.13. The van der Waals surface area contributed by atoms with Crippen LogP contribution >= 0.6 is 0 Å². The van der Waals surface area contributed by atoms with Gasteiger partial charge in [0.2, 0.25) is 0 Å². The van der Waals surface area contributed by atoms with Crippen LogP contribution in [0.25, 0.3) is 0 Å². The van der Waals surface area contributed by atoms with Crippen molar-refractivity contribution in [1.29, 1.82) is 0 Å². The molecule has 1 aromatic rings. The Morgan fingerprint density at radius 3 is 2.60 bits per heavy atom.